The molecule has 6 atom stereocenters. The van der Waals surface area contributed by atoms with Crippen LogP contribution in [0.25, 0.3) is 22.3 Å². The number of hydrogen-bond donors (Lipinski definition) is 4. The third-order valence-electron chi connectivity index (χ3n) is 11.6. The van der Waals surface area contributed by atoms with Gasteiger partial charge in [0.2, 0.25) is 11.9 Å². The normalized spacial score (nSPS) is 18.2. The van der Waals surface area contributed by atoms with Gasteiger partial charge in [0, 0.05) is 12.5 Å². The number of nitrogens with one attached hydrogen (secondary N) is 3. The number of carbonyl (C=O) groups excluding carboxylic acids is 1. The molecule has 1 aliphatic heterocycles. The molecule has 23 nitrogen and oxygen atoms in total. The number of ether oxygens (including phenoxy) is 4. The average molecular weight is 1060 g/mol. The van der Waals surface area contributed by atoms with Crippen molar-refractivity contribution >= 4 is 61.0 Å². The van der Waals surface area contributed by atoms with E-state index in [0.29, 0.717) is 11.5 Å². The Labute approximate surface area is 420 Å². The Hall–Kier alpha value is -6.55. The van der Waals surface area contributed by atoms with Gasteiger partial charge in [0.05, 0.1) is 59.2 Å². The monoisotopic (exact) mass is 1060 g/mol. The van der Waals surface area contributed by atoms with Crippen LogP contribution in [0, 0.1) is 17.2 Å². The van der Waals surface area contributed by atoms with Gasteiger partial charge in [0.15, 0.2) is 34.7 Å². The van der Waals surface area contributed by atoms with Crippen molar-refractivity contribution < 1.29 is 55.7 Å². The third kappa shape index (κ3) is 11.5. The quantitative estimate of drug-likeness (QED) is 0.0346. The highest BCUT2D eigenvalue weighted by Crippen LogP contribution is 2.51. The molecule has 2 unspecified atom stereocenters. The molecule has 0 bridgehead atoms. The molecule has 1 aliphatic rings. The fourth-order valence-electron chi connectivity index (χ4n) is 8.04. The fourth-order valence-corrected chi connectivity index (χ4v) is 10.3. The highest BCUT2D eigenvalue weighted by atomic mass is 32.5. The van der Waals surface area contributed by atoms with E-state index in [1.165, 1.54) is 6.33 Å². The molecule has 0 radical (unpaired) electrons. The number of nitriles is 1. The minimum Gasteiger partial charge on any atom is -0.497 e. The zero-order chi connectivity index (χ0) is 51.9. The predicted octanol–water partition coefficient (Wildman–Crippen LogP) is 5.56. The minimum absolute atomic E-state index is 0.00686. The number of halogens is 1. The molecule has 73 heavy (non-hydrogen) atoms. The topological polar surface area (TPSA) is 291 Å². The lowest BCUT2D eigenvalue weighted by atomic mass is 9.80. The van der Waals surface area contributed by atoms with Crippen LogP contribution in [0.15, 0.2) is 101 Å². The summed E-state index contributed by atoms with van der Waals surface area (Å²) in [5.41, 5.74) is -0.483. The van der Waals surface area contributed by atoms with Crippen LogP contribution in [-0.4, -0.2) is 102 Å². The Morgan fingerprint density at radius 2 is 1.60 bits per heavy atom. The molecular formula is C46H49FN10O13P2S. The van der Waals surface area contributed by atoms with E-state index in [1.807, 2.05) is 84.9 Å². The number of imidazole rings is 2. The van der Waals surface area contributed by atoms with Crippen molar-refractivity contribution in [3.63, 3.8) is 0 Å². The molecule has 1 saturated heterocycles. The van der Waals surface area contributed by atoms with Crippen LogP contribution in [0.2, 0.25) is 0 Å². The van der Waals surface area contributed by atoms with Crippen molar-refractivity contribution in [2.24, 2.45) is 5.92 Å². The molecule has 27 heteroatoms. The van der Waals surface area contributed by atoms with Crippen LogP contribution in [0.1, 0.15) is 49.0 Å². The first kappa shape index (κ1) is 52.8. The van der Waals surface area contributed by atoms with Crippen molar-refractivity contribution in [3.8, 4) is 17.6 Å². The standard InChI is InChI=1S/C46H49FN10O13P2S/c1-27(2)41(58)54-45-53-40-36(43(60)55-45)51-26-57(40)44-38(70-71(61)62)35(47)33(69-44)23-68-72(73,66-21-8-19-48)67-22-20-56-34(52-37-39(56)49-25-50-42(37)59)24-65-46(28-9-6-5-7-10-28,29-11-15-31(63-3)16-12-29)30-13-17-32(64-4)18-14-30/h5-7,9-18,25-27,33,35,38,44,71H,8,20-24H2,1-4H3,(H,61,62)(H,49,50,59)(H2,53,54,55,58,60)/t33-,35-,38-,44-,72?/m1/s1. The van der Waals surface area contributed by atoms with Crippen LogP contribution in [0.5, 0.6) is 11.5 Å². The largest absolute Gasteiger partial charge is 0.497 e. The first-order valence-corrected chi connectivity index (χ1v) is 26.3. The Morgan fingerprint density at radius 1 is 0.945 bits per heavy atom. The zero-order valence-corrected chi connectivity index (χ0v) is 42.2. The molecule has 4 N–H and O–H groups in total. The summed E-state index contributed by atoms with van der Waals surface area (Å²) in [6.07, 6.45) is -4.81. The highest BCUT2D eigenvalue weighted by molar-refractivity contribution is 8.07. The predicted molar refractivity (Wildman–Crippen MR) is 264 cm³/mol. The van der Waals surface area contributed by atoms with Gasteiger partial charge in [-0.1, -0.05) is 68.4 Å². The number of hydrogen-bond acceptors (Lipinski definition) is 18. The van der Waals surface area contributed by atoms with Gasteiger partial charge in [-0.2, -0.15) is 10.2 Å². The number of aromatic nitrogens is 8. The Morgan fingerprint density at radius 3 is 2.23 bits per heavy atom. The zero-order valence-electron chi connectivity index (χ0n) is 39.5. The summed E-state index contributed by atoms with van der Waals surface area (Å²) in [6.45, 7) is -2.07. The number of nitrogens with zero attached hydrogens (tertiary/aromatic N) is 7. The van der Waals surface area contributed by atoms with Gasteiger partial charge < -0.3 is 47.0 Å². The molecule has 0 aliphatic carbocycles. The number of amides is 1. The van der Waals surface area contributed by atoms with Gasteiger partial charge in [-0.15, -0.1) is 0 Å². The van der Waals surface area contributed by atoms with E-state index < -0.39 is 74.7 Å². The number of benzene rings is 3. The lowest BCUT2D eigenvalue weighted by molar-refractivity contribution is -0.118. The van der Waals surface area contributed by atoms with Crippen LogP contribution < -0.4 is 25.9 Å². The molecular weight excluding hydrogens is 1010 g/mol. The fraction of sp³-hybridized carbons (Fsp3) is 0.348. The molecule has 5 heterocycles. The van der Waals surface area contributed by atoms with E-state index in [-0.39, 0.29) is 66.9 Å². The summed E-state index contributed by atoms with van der Waals surface area (Å²) in [7, 11) is -0.652. The summed E-state index contributed by atoms with van der Waals surface area (Å²) in [5, 5.41) is 11.8. The summed E-state index contributed by atoms with van der Waals surface area (Å²) < 4.78 is 78.5. The summed E-state index contributed by atoms with van der Waals surface area (Å²) >= 11 is 5.79. The Bertz CT molecular complexity index is 3250. The second kappa shape index (κ2) is 23.1. The smallest absolute Gasteiger partial charge is 0.327 e. The van der Waals surface area contributed by atoms with Crippen molar-refractivity contribution in [1.82, 2.24) is 39.0 Å². The molecule has 4 aromatic heterocycles. The van der Waals surface area contributed by atoms with Crippen molar-refractivity contribution in [2.45, 2.75) is 63.6 Å². The first-order chi connectivity index (χ1) is 35.2. The number of methoxy groups -OCH3 is 2. The molecule has 7 aromatic rings. The lowest BCUT2D eigenvalue weighted by Crippen LogP contribution is -2.33. The van der Waals surface area contributed by atoms with Gasteiger partial charge in [-0.25, -0.2) is 19.3 Å². The van der Waals surface area contributed by atoms with E-state index >= 15 is 4.39 Å². The van der Waals surface area contributed by atoms with E-state index in [0.717, 1.165) is 27.6 Å². The maximum atomic E-state index is 16.4. The SMILES string of the molecule is COc1ccc(C(OCc2nc3c(=O)[nH]cnc3n2CCOP(=S)(OCCC#N)OC[C@H]2O[C@@H](n3cnc4c(=O)[nH]c(NC(=O)C(C)C)nc43)[C@H](O[PH](=O)O)[C@@H]2F)(c2ccccc2)c2ccc(OC)cc2)cc1. The molecule has 0 saturated carbocycles. The number of carbonyl (C=O) groups is 1. The van der Waals surface area contributed by atoms with Gasteiger partial charge in [-0.05, 0) is 52.8 Å². The number of H-pyrrole nitrogens is 2. The minimum atomic E-state index is -3.91. The average Bonchev–Trinajstić information content (AvgIpc) is 4.07. The number of anilines is 1. The Kier molecular flexibility index (Phi) is 16.7. The first-order valence-electron chi connectivity index (χ1n) is 22.5. The molecule has 384 valence electrons. The van der Waals surface area contributed by atoms with Gasteiger partial charge in [0.25, 0.3) is 11.1 Å². The second-order valence-electron chi connectivity index (χ2n) is 16.4. The molecule has 8 rings (SSSR count). The summed E-state index contributed by atoms with van der Waals surface area (Å²) in [5.74, 6) is 0.349. The van der Waals surface area contributed by atoms with Crippen molar-refractivity contribution in [2.75, 3.05) is 39.4 Å². The third-order valence-corrected chi connectivity index (χ3v) is 14.5. The molecule has 0 spiro atoms. The van der Waals surface area contributed by atoms with Gasteiger partial charge >= 0.3 is 15.0 Å². The van der Waals surface area contributed by atoms with Crippen molar-refractivity contribution in [3.05, 3.63) is 135 Å². The summed E-state index contributed by atoms with van der Waals surface area (Å²) in [4.78, 5) is 70.9. The Balaban J connectivity index is 1.06. The van der Waals surface area contributed by atoms with Crippen LogP contribution in [0.3, 0.4) is 0 Å². The molecule has 1 fully saturated rings. The maximum Gasteiger partial charge on any atom is 0.327 e. The van der Waals surface area contributed by atoms with Gasteiger partial charge in [0.1, 0.15) is 41.7 Å². The number of fused-ring (bicyclic) bond motifs is 2. The maximum absolute atomic E-state index is 16.4. The van der Waals surface area contributed by atoms with E-state index in [4.69, 9.17) is 53.8 Å². The van der Waals surface area contributed by atoms with Crippen LogP contribution in [-0.2, 0) is 67.5 Å². The number of rotatable bonds is 23. The summed E-state index contributed by atoms with van der Waals surface area (Å²) in [6, 6.07) is 26.4. The molecule has 1 amide bonds. The highest BCUT2D eigenvalue weighted by Gasteiger charge is 2.49. The van der Waals surface area contributed by atoms with E-state index in [9.17, 15) is 29.1 Å². The second-order valence-corrected chi connectivity index (χ2v) is 20.2. The van der Waals surface area contributed by atoms with E-state index in [1.54, 1.807) is 32.6 Å². The lowest BCUT2D eigenvalue weighted by Gasteiger charge is -2.36. The number of aromatic amines is 2. The van der Waals surface area contributed by atoms with Crippen LogP contribution in [0.4, 0.5) is 10.3 Å². The van der Waals surface area contributed by atoms with Crippen LogP contribution >= 0.6 is 15.0 Å². The molecule has 3 aromatic carbocycles. The number of alkyl halides is 1. The van der Waals surface area contributed by atoms with E-state index in [2.05, 4.69) is 30.2 Å². The van der Waals surface area contributed by atoms with Gasteiger partial charge in [-0.3, -0.25) is 38.3 Å². The van der Waals surface area contributed by atoms with Crippen molar-refractivity contribution in [1.29, 1.82) is 5.26 Å².